The van der Waals surface area contributed by atoms with E-state index in [2.05, 4.69) is 44.9 Å². The molecule has 6 heteroatoms. The number of nitrogens with one attached hydrogen (secondary N) is 1. The second-order valence-corrected chi connectivity index (χ2v) is 7.66. The molecule has 1 aromatic carbocycles. The highest BCUT2D eigenvalue weighted by Gasteiger charge is 2.20. The lowest BCUT2D eigenvalue weighted by atomic mass is 10.1. The van der Waals surface area contributed by atoms with Crippen LogP contribution >= 0.6 is 15.9 Å². The van der Waals surface area contributed by atoms with Crippen LogP contribution in [0.5, 0.6) is 0 Å². The number of rotatable bonds is 10. The summed E-state index contributed by atoms with van der Waals surface area (Å²) in [6.07, 6.45) is 3.03. The summed E-state index contributed by atoms with van der Waals surface area (Å²) >= 11 is 3.40. The molecule has 0 atom stereocenters. The van der Waals surface area contributed by atoms with Gasteiger partial charge in [-0.3, -0.25) is 4.79 Å². The third-order valence-corrected chi connectivity index (χ3v) is 5.50. The number of piperidine rings is 1. The first-order valence-corrected chi connectivity index (χ1v) is 10.5. The van der Waals surface area contributed by atoms with Gasteiger partial charge in [0.1, 0.15) is 0 Å². The molecule has 0 saturated carbocycles. The molecule has 0 aromatic heterocycles. The molecule has 0 spiro atoms. The van der Waals surface area contributed by atoms with Gasteiger partial charge in [-0.05, 0) is 50.2 Å². The highest BCUT2D eigenvalue weighted by atomic mass is 79.9. The van der Waals surface area contributed by atoms with Crippen molar-refractivity contribution in [3.8, 4) is 0 Å². The van der Waals surface area contributed by atoms with Crippen LogP contribution in [-0.2, 0) is 9.53 Å². The van der Waals surface area contributed by atoms with Crippen molar-refractivity contribution in [1.82, 2.24) is 9.80 Å². The fraction of sp³-hybridized carbons (Fsp3) is 0.650. The van der Waals surface area contributed by atoms with E-state index < -0.39 is 0 Å². The third kappa shape index (κ3) is 7.74. The first kappa shape index (κ1) is 21.4. The number of likely N-dealkylation sites (N-methyl/N-ethyl adjacent to an activating group) is 1. The van der Waals surface area contributed by atoms with E-state index in [1.807, 2.05) is 24.3 Å². The SMILES string of the molecule is CCN(CC)CCOC1CCN(CCC(=O)Nc2ccc(Br)cc2)CC1. The minimum atomic E-state index is 0.0740. The molecule has 0 bridgehead atoms. The number of hydrogen-bond donors (Lipinski definition) is 1. The summed E-state index contributed by atoms with van der Waals surface area (Å²) in [6.45, 7) is 11.2. The number of carbonyl (C=O) groups is 1. The number of likely N-dealkylation sites (tertiary alicyclic amines) is 1. The number of nitrogens with zero attached hydrogens (tertiary/aromatic N) is 2. The van der Waals surface area contributed by atoms with Gasteiger partial charge in [0.15, 0.2) is 0 Å². The molecule has 1 fully saturated rings. The van der Waals surface area contributed by atoms with E-state index in [0.29, 0.717) is 12.5 Å². The zero-order valence-corrected chi connectivity index (χ0v) is 17.6. The fourth-order valence-electron chi connectivity index (χ4n) is 3.20. The first-order chi connectivity index (χ1) is 12.6. The number of anilines is 1. The van der Waals surface area contributed by atoms with E-state index in [4.69, 9.17) is 4.74 Å². The molecule has 1 aliphatic rings. The second kappa shape index (κ2) is 11.7. The maximum absolute atomic E-state index is 12.1. The summed E-state index contributed by atoms with van der Waals surface area (Å²) in [4.78, 5) is 16.8. The number of hydrogen-bond acceptors (Lipinski definition) is 4. The average molecular weight is 426 g/mol. The zero-order chi connectivity index (χ0) is 18.8. The van der Waals surface area contributed by atoms with Crippen LogP contribution in [0.15, 0.2) is 28.7 Å². The third-order valence-electron chi connectivity index (χ3n) is 4.97. The van der Waals surface area contributed by atoms with Gasteiger partial charge < -0.3 is 19.9 Å². The molecule has 0 unspecified atom stereocenters. The van der Waals surface area contributed by atoms with Gasteiger partial charge in [0.05, 0.1) is 12.7 Å². The molecule has 1 aliphatic heterocycles. The largest absolute Gasteiger partial charge is 0.377 e. The molecular weight excluding hydrogens is 394 g/mol. The van der Waals surface area contributed by atoms with Crippen LogP contribution in [0.2, 0.25) is 0 Å². The van der Waals surface area contributed by atoms with E-state index in [-0.39, 0.29) is 5.91 Å². The summed E-state index contributed by atoms with van der Waals surface area (Å²) in [5.74, 6) is 0.0740. The van der Waals surface area contributed by atoms with Crippen LogP contribution in [0, 0.1) is 0 Å². The lowest BCUT2D eigenvalue weighted by molar-refractivity contribution is -0.116. The number of amides is 1. The van der Waals surface area contributed by atoms with Crippen LogP contribution in [-0.4, -0.2) is 67.7 Å². The Morgan fingerprint density at radius 2 is 1.88 bits per heavy atom. The van der Waals surface area contributed by atoms with Crippen LogP contribution < -0.4 is 5.32 Å². The number of carbonyl (C=O) groups excluding carboxylic acids is 1. The molecule has 146 valence electrons. The van der Waals surface area contributed by atoms with Crippen molar-refractivity contribution >= 4 is 27.5 Å². The lowest BCUT2D eigenvalue weighted by Gasteiger charge is -2.32. The van der Waals surface area contributed by atoms with Crippen molar-refractivity contribution in [3.63, 3.8) is 0 Å². The van der Waals surface area contributed by atoms with Gasteiger partial charge >= 0.3 is 0 Å². The van der Waals surface area contributed by atoms with Crippen molar-refractivity contribution < 1.29 is 9.53 Å². The predicted octanol–water partition coefficient (Wildman–Crippen LogP) is 3.60. The maximum atomic E-state index is 12.1. The summed E-state index contributed by atoms with van der Waals surface area (Å²) in [5.41, 5.74) is 0.846. The molecule has 5 nitrogen and oxygen atoms in total. The highest BCUT2D eigenvalue weighted by molar-refractivity contribution is 9.10. The molecule has 26 heavy (non-hydrogen) atoms. The zero-order valence-electron chi connectivity index (χ0n) is 16.0. The number of halogens is 1. The molecule has 1 amide bonds. The normalized spacial score (nSPS) is 16.2. The summed E-state index contributed by atoms with van der Waals surface area (Å²) in [6, 6.07) is 7.67. The summed E-state index contributed by atoms with van der Waals surface area (Å²) < 4.78 is 7.04. The fourth-order valence-corrected chi connectivity index (χ4v) is 3.47. The molecule has 2 rings (SSSR count). The predicted molar refractivity (Wildman–Crippen MR) is 111 cm³/mol. The Morgan fingerprint density at radius 3 is 2.50 bits per heavy atom. The topological polar surface area (TPSA) is 44.8 Å². The van der Waals surface area contributed by atoms with Gasteiger partial charge in [-0.2, -0.15) is 0 Å². The van der Waals surface area contributed by atoms with Gasteiger partial charge in [-0.25, -0.2) is 0 Å². The molecule has 1 N–H and O–H groups in total. The average Bonchev–Trinajstić information content (AvgIpc) is 2.66. The van der Waals surface area contributed by atoms with Gasteiger partial charge in [-0.15, -0.1) is 0 Å². The van der Waals surface area contributed by atoms with E-state index in [1.54, 1.807) is 0 Å². The summed E-state index contributed by atoms with van der Waals surface area (Å²) in [7, 11) is 0. The standard InChI is InChI=1S/C20H32BrN3O2/c1-3-23(4-2)15-16-26-19-9-12-24(13-10-19)14-11-20(25)22-18-7-5-17(21)6-8-18/h5-8,19H,3-4,9-16H2,1-2H3,(H,22,25). The molecule has 0 radical (unpaired) electrons. The Morgan fingerprint density at radius 1 is 1.23 bits per heavy atom. The Labute approximate surface area is 166 Å². The smallest absolute Gasteiger partial charge is 0.225 e. The van der Waals surface area contributed by atoms with E-state index in [0.717, 1.165) is 68.9 Å². The Hall–Kier alpha value is -0.950. The van der Waals surface area contributed by atoms with Crippen molar-refractivity contribution in [1.29, 1.82) is 0 Å². The van der Waals surface area contributed by atoms with E-state index >= 15 is 0 Å². The molecular formula is C20H32BrN3O2. The summed E-state index contributed by atoms with van der Waals surface area (Å²) in [5, 5.41) is 2.95. The maximum Gasteiger partial charge on any atom is 0.225 e. The van der Waals surface area contributed by atoms with Crippen LogP contribution in [0.3, 0.4) is 0 Å². The van der Waals surface area contributed by atoms with Crippen molar-refractivity contribution in [2.75, 3.05) is 51.2 Å². The minimum absolute atomic E-state index is 0.0740. The molecule has 1 saturated heterocycles. The molecule has 1 heterocycles. The van der Waals surface area contributed by atoms with Crippen LogP contribution in [0.4, 0.5) is 5.69 Å². The first-order valence-electron chi connectivity index (χ1n) is 9.72. The minimum Gasteiger partial charge on any atom is -0.377 e. The Balaban J connectivity index is 1.58. The Kier molecular flexibility index (Phi) is 9.61. The number of ether oxygens (including phenoxy) is 1. The van der Waals surface area contributed by atoms with Gasteiger partial charge in [0.2, 0.25) is 5.91 Å². The van der Waals surface area contributed by atoms with E-state index in [1.165, 1.54) is 0 Å². The highest BCUT2D eigenvalue weighted by Crippen LogP contribution is 2.16. The Bertz CT molecular complexity index is 526. The van der Waals surface area contributed by atoms with Crippen molar-refractivity contribution in [2.24, 2.45) is 0 Å². The molecule has 1 aromatic rings. The van der Waals surface area contributed by atoms with E-state index in [9.17, 15) is 4.79 Å². The van der Waals surface area contributed by atoms with Crippen molar-refractivity contribution in [3.05, 3.63) is 28.7 Å². The number of benzene rings is 1. The monoisotopic (exact) mass is 425 g/mol. The van der Waals surface area contributed by atoms with Gasteiger partial charge in [0, 0.05) is 42.8 Å². The van der Waals surface area contributed by atoms with Crippen molar-refractivity contribution in [2.45, 2.75) is 39.2 Å². The van der Waals surface area contributed by atoms with Gasteiger partial charge in [-0.1, -0.05) is 29.8 Å². The quantitative estimate of drug-likeness (QED) is 0.621. The van der Waals surface area contributed by atoms with Gasteiger partial charge in [0.25, 0.3) is 0 Å². The molecule has 0 aliphatic carbocycles. The van der Waals surface area contributed by atoms with Crippen LogP contribution in [0.25, 0.3) is 0 Å². The van der Waals surface area contributed by atoms with Crippen LogP contribution in [0.1, 0.15) is 33.1 Å². The second-order valence-electron chi connectivity index (χ2n) is 6.74. The lowest BCUT2D eigenvalue weighted by Crippen LogP contribution is -2.39.